The third kappa shape index (κ3) is 2.63. The molecule has 2 aromatic rings. The van der Waals surface area contributed by atoms with E-state index >= 15 is 0 Å². The number of hydrogen-bond donors (Lipinski definition) is 2. The Morgan fingerprint density at radius 2 is 2.15 bits per heavy atom. The molecule has 0 bridgehead atoms. The van der Waals surface area contributed by atoms with Crippen LogP contribution in [0.25, 0.3) is 0 Å². The second-order valence-electron chi connectivity index (χ2n) is 4.63. The summed E-state index contributed by atoms with van der Waals surface area (Å²) in [5.74, 6) is 6.37. The number of methoxy groups -OCH3 is 1. The number of halogens is 1. The predicted octanol–water partition coefficient (Wildman–Crippen LogP) is 2.07. The summed E-state index contributed by atoms with van der Waals surface area (Å²) in [5, 5.41) is 4.85. The number of nitrogens with two attached hydrogens (primary N) is 1. The molecule has 0 aliphatic rings. The summed E-state index contributed by atoms with van der Waals surface area (Å²) in [7, 11) is 1.59. The lowest BCUT2D eigenvalue weighted by molar-refractivity contribution is 0.398. The summed E-state index contributed by atoms with van der Waals surface area (Å²) in [6.45, 7) is 4.06. The van der Waals surface area contributed by atoms with Crippen LogP contribution in [0.4, 0.5) is 0 Å². The molecule has 0 radical (unpaired) electrons. The molecule has 6 nitrogen and oxygen atoms in total. The van der Waals surface area contributed by atoms with Crippen LogP contribution in [0, 0.1) is 0 Å². The van der Waals surface area contributed by atoms with Crippen molar-refractivity contribution in [2.24, 2.45) is 5.84 Å². The van der Waals surface area contributed by atoms with E-state index in [1.807, 2.05) is 24.6 Å². The number of nitrogens with one attached hydrogen (secondary N) is 1. The first-order chi connectivity index (χ1) is 9.60. The topological polar surface area (TPSA) is 78.0 Å². The van der Waals surface area contributed by atoms with Crippen LogP contribution in [0.15, 0.2) is 24.7 Å². The smallest absolute Gasteiger partial charge is 0.142 e. The number of hydrogen-bond acceptors (Lipinski definition) is 5. The molecule has 0 amide bonds. The molecule has 2 heterocycles. The maximum absolute atomic E-state index is 6.27. The summed E-state index contributed by atoms with van der Waals surface area (Å²) in [4.78, 5) is 4.05. The number of aromatic nitrogens is 3. The lowest BCUT2D eigenvalue weighted by Gasteiger charge is -2.22. The van der Waals surface area contributed by atoms with Crippen molar-refractivity contribution in [1.29, 1.82) is 0 Å². The predicted molar refractivity (Wildman–Crippen MR) is 77.6 cm³/mol. The van der Waals surface area contributed by atoms with E-state index in [0.717, 1.165) is 11.3 Å². The van der Waals surface area contributed by atoms with Gasteiger partial charge in [0.05, 0.1) is 36.3 Å². The van der Waals surface area contributed by atoms with Crippen molar-refractivity contribution in [3.63, 3.8) is 0 Å². The highest BCUT2D eigenvalue weighted by atomic mass is 35.5. The maximum atomic E-state index is 6.27. The molecule has 2 aromatic heterocycles. The molecule has 0 aliphatic carbocycles. The van der Waals surface area contributed by atoms with E-state index in [-0.39, 0.29) is 12.1 Å². The van der Waals surface area contributed by atoms with Crippen molar-refractivity contribution < 1.29 is 4.74 Å². The molecule has 0 aromatic carbocycles. The maximum Gasteiger partial charge on any atom is 0.142 e. The van der Waals surface area contributed by atoms with Crippen molar-refractivity contribution >= 4 is 11.6 Å². The number of pyridine rings is 1. The molecule has 108 valence electrons. The minimum Gasteiger partial charge on any atom is -0.495 e. The van der Waals surface area contributed by atoms with Gasteiger partial charge >= 0.3 is 0 Å². The highest BCUT2D eigenvalue weighted by Gasteiger charge is 2.25. The third-order valence-corrected chi connectivity index (χ3v) is 3.35. The zero-order valence-corrected chi connectivity index (χ0v) is 12.4. The molecule has 0 spiro atoms. The molecule has 3 N–H and O–H groups in total. The van der Waals surface area contributed by atoms with Crippen molar-refractivity contribution in [2.45, 2.75) is 25.9 Å². The Morgan fingerprint density at radius 1 is 1.40 bits per heavy atom. The zero-order valence-electron chi connectivity index (χ0n) is 11.7. The Balaban J connectivity index is 2.55. The van der Waals surface area contributed by atoms with E-state index in [2.05, 4.69) is 15.5 Å². The van der Waals surface area contributed by atoms with Gasteiger partial charge in [0.25, 0.3) is 0 Å². The standard InChI is InChI=1S/C13H18ClN5O/c1-8(2)19-13(10(14)6-17-19)12(18-15)9-4-5-16-7-11(9)20-3/h4-8,12,18H,15H2,1-3H3. The molecular weight excluding hydrogens is 278 g/mol. The number of ether oxygens (including phenoxy) is 1. The van der Waals surface area contributed by atoms with E-state index in [0.29, 0.717) is 10.8 Å². The Labute approximate surface area is 122 Å². The Bertz CT molecular complexity index is 584. The fourth-order valence-corrected chi connectivity index (χ4v) is 2.39. The van der Waals surface area contributed by atoms with Gasteiger partial charge in [0, 0.05) is 17.8 Å². The van der Waals surface area contributed by atoms with Gasteiger partial charge in [-0.2, -0.15) is 5.10 Å². The molecule has 2 rings (SSSR count). The lowest BCUT2D eigenvalue weighted by Crippen LogP contribution is -2.31. The van der Waals surface area contributed by atoms with Crippen LogP contribution < -0.4 is 16.0 Å². The van der Waals surface area contributed by atoms with Gasteiger partial charge in [0.2, 0.25) is 0 Å². The van der Waals surface area contributed by atoms with Gasteiger partial charge in [-0.05, 0) is 19.9 Å². The Morgan fingerprint density at radius 3 is 2.75 bits per heavy atom. The van der Waals surface area contributed by atoms with Gasteiger partial charge in [-0.3, -0.25) is 15.5 Å². The summed E-state index contributed by atoms with van der Waals surface area (Å²) < 4.78 is 7.18. The van der Waals surface area contributed by atoms with Crippen LogP contribution in [0.1, 0.15) is 37.2 Å². The van der Waals surface area contributed by atoms with Crippen LogP contribution in [-0.4, -0.2) is 21.9 Å². The van der Waals surface area contributed by atoms with E-state index < -0.39 is 0 Å². The molecule has 7 heteroatoms. The van der Waals surface area contributed by atoms with Crippen LogP contribution in [0.3, 0.4) is 0 Å². The van der Waals surface area contributed by atoms with Crippen LogP contribution >= 0.6 is 11.6 Å². The quantitative estimate of drug-likeness (QED) is 0.652. The molecule has 0 fully saturated rings. The van der Waals surface area contributed by atoms with E-state index in [1.165, 1.54) is 0 Å². The Kier molecular flexibility index (Phi) is 4.59. The molecule has 1 unspecified atom stereocenters. The van der Waals surface area contributed by atoms with Crippen molar-refractivity contribution in [1.82, 2.24) is 20.2 Å². The van der Waals surface area contributed by atoms with Gasteiger partial charge < -0.3 is 4.74 Å². The summed E-state index contributed by atoms with van der Waals surface area (Å²) in [6.07, 6.45) is 4.95. The normalized spacial score (nSPS) is 12.7. The number of rotatable bonds is 5. The molecule has 20 heavy (non-hydrogen) atoms. The van der Waals surface area contributed by atoms with Crippen LogP contribution in [0.2, 0.25) is 5.02 Å². The first-order valence-corrected chi connectivity index (χ1v) is 6.64. The lowest BCUT2D eigenvalue weighted by atomic mass is 10.0. The van der Waals surface area contributed by atoms with Crippen LogP contribution in [-0.2, 0) is 0 Å². The zero-order chi connectivity index (χ0) is 14.7. The summed E-state index contributed by atoms with van der Waals surface area (Å²) in [6, 6.07) is 1.68. The third-order valence-electron chi connectivity index (χ3n) is 3.06. The summed E-state index contributed by atoms with van der Waals surface area (Å²) >= 11 is 6.27. The molecule has 0 aliphatic heterocycles. The van der Waals surface area contributed by atoms with Gasteiger partial charge in [0.15, 0.2) is 0 Å². The highest BCUT2D eigenvalue weighted by molar-refractivity contribution is 6.31. The monoisotopic (exact) mass is 295 g/mol. The number of nitrogens with zero attached hydrogens (tertiary/aromatic N) is 3. The molecule has 1 atom stereocenters. The average Bonchev–Trinajstić information content (AvgIpc) is 2.83. The molecule has 0 saturated carbocycles. The fraction of sp³-hybridized carbons (Fsp3) is 0.385. The van der Waals surface area contributed by atoms with Gasteiger partial charge in [-0.1, -0.05) is 11.6 Å². The second-order valence-corrected chi connectivity index (χ2v) is 5.04. The average molecular weight is 296 g/mol. The Hall–Kier alpha value is -1.63. The van der Waals surface area contributed by atoms with Crippen LogP contribution in [0.5, 0.6) is 5.75 Å². The van der Waals surface area contributed by atoms with Gasteiger partial charge in [-0.25, -0.2) is 5.43 Å². The van der Waals surface area contributed by atoms with E-state index in [4.69, 9.17) is 22.2 Å². The minimum atomic E-state index is -0.328. The SMILES string of the molecule is COc1cnccc1C(NN)c1c(Cl)cnn1C(C)C. The first kappa shape index (κ1) is 14.8. The molecule has 0 saturated heterocycles. The first-order valence-electron chi connectivity index (χ1n) is 6.27. The molecular formula is C13H18ClN5O. The number of hydrazine groups is 1. The van der Waals surface area contributed by atoms with E-state index in [1.54, 1.807) is 25.7 Å². The van der Waals surface area contributed by atoms with Crippen molar-refractivity contribution in [2.75, 3.05) is 7.11 Å². The largest absolute Gasteiger partial charge is 0.495 e. The van der Waals surface area contributed by atoms with Gasteiger partial charge in [-0.15, -0.1) is 0 Å². The fourth-order valence-electron chi connectivity index (χ4n) is 2.15. The van der Waals surface area contributed by atoms with Crippen molar-refractivity contribution in [3.8, 4) is 5.75 Å². The van der Waals surface area contributed by atoms with Crippen molar-refractivity contribution in [3.05, 3.63) is 40.9 Å². The van der Waals surface area contributed by atoms with Gasteiger partial charge in [0.1, 0.15) is 5.75 Å². The minimum absolute atomic E-state index is 0.168. The summed E-state index contributed by atoms with van der Waals surface area (Å²) in [5.41, 5.74) is 4.43. The highest BCUT2D eigenvalue weighted by Crippen LogP contribution is 2.33. The van der Waals surface area contributed by atoms with E-state index in [9.17, 15) is 0 Å². The second kappa shape index (κ2) is 6.21.